The molecule has 4 aliphatic rings. The molecule has 5 unspecified atom stereocenters. The molecule has 4 rings (SSSR count). The second kappa shape index (κ2) is 7.60. The van der Waals surface area contributed by atoms with E-state index >= 15 is 0 Å². The molecule has 4 fully saturated rings. The second-order valence-corrected chi connectivity index (χ2v) is 11.5. The highest BCUT2D eigenvalue weighted by Gasteiger charge is 2.60. The Morgan fingerprint density at radius 2 is 1.75 bits per heavy atom. The van der Waals surface area contributed by atoms with E-state index in [0.717, 1.165) is 36.0 Å². The van der Waals surface area contributed by atoms with Gasteiger partial charge in [-0.05, 0) is 111 Å². The van der Waals surface area contributed by atoms with Gasteiger partial charge in [0.15, 0.2) is 0 Å². The zero-order valence-electron chi connectivity index (χ0n) is 18.7. The van der Waals surface area contributed by atoms with Gasteiger partial charge in [-0.2, -0.15) is 0 Å². The number of rotatable bonds is 4. The van der Waals surface area contributed by atoms with E-state index in [1.54, 1.807) is 0 Å². The van der Waals surface area contributed by atoms with E-state index in [4.69, 9.17) is 10.5 Å². The van der Waals surface area contributed by atoms with E-state index in [9.17, 15) is 4.79 Å². The van der Waals surface area contributed by atoms with Crippen molar-refractivity contribution >= 4 is 5.97 Å². The van der Waals surface area contributed by atoms with Gasteiger partial charge < -0.3 is 10.5 Å². The Balaban J connectivity index is 1.48. The molecule has 0 aromatic heterocycles. The molecule has 28 heavy (non-hydrogen) atoms. The maximum absolute atomic E-state index is 11.6. The summed E-state index contributed by atoms with van der Waals surface area (Å²) in [7, 11) is 1.51. The van der Waals surface area contributed by atoms with Crippen molar-refractivity contribution in [2.24, 2.45) is 52.1 Å². The van der Waals surface area contributed by atoms with Crippen LogP contribution in [0.4, 0.5) is 0 Å². The van der Waals surface area contributed by atoms with Crippen LogP contribution >= 0.6 is 0 Å². The Bertz CT molecular complexity index is 591. The van der Waals surface area contributed by atoms with Gasteiger partial charge in [-0.25, -0.2) is 0 Å². The Labute approximate surface area is 172 Å². The van der Waals surface area contributed by atoms with Crippen molar-refractivity contribution in [2.75, 3.05) is 7.11 Å². The molecule has 0 saturated heterocycles. The molecule has 0 aromatic rings. The topological polar surface area (TPSA) is 52.3 Å². The van der Waals surface area contributed by atoms with E-state index in [2.05, 4.69) is 20.8 Å². The number of carbonyl (C=O) groups is 1. The van der Waals surface area contributed by atoms with Crippen LogP contribution in [0.3, 0.4) is 0 Å². The first-order chi connectivity index (χ1) is 13.3. The van der Waals surface area contributed by atoms with Gasteiger partial charge in [0.1, 0.15) is 0 Å². The van der Waals surface area contributed by atoms with Gasteiger partial charge in [0.05, 0.1) is 7.11 Å². The van der Waals surface area contributed by atoms with Crippen molar-refractivity contribution in [3.63, 3.8) is 0 Å². The number of esters is 1. The molecule has 4 saturated carbocycles. The average Bonchev–Trinajstić information content (AvgIpc) is 3.03. The van der Waals surface area contributed by atoms with Gasteiger partial charge in [0, 0.05) is 12.5 Å². The number of ether oxygens (including phenoxy) is 1. The van der Waals surface area contributed by atoms with Crippen molar-refractivity contribution < 1.29 is 9.53 Å². The first-order valence-corrected chi connectivity index (χ1v) is 12.1. The second-order valence-electron chi connectivity index (χ2n) is 11.5. The molecule has 0 aromatic carbocycles. The van der Waals surface area contributed by atoms with Gasteiger partial charge in [0.2, 0.25) is 0 Å². The summed E-state index contributed by atoms with van der Waals surface area (Å²) in [5.74, 6) is 5.02. The molecule has 3 heteroatoms. The highest BCUT2D eigenvalue weighted by atomic mass is 16.5. The van der Waals surface area contributed by atoms with Crippen LogP contribution in [0.15, 0.2) is 0 Å². The maximum Gasteiger partial charge on any atom is 0.305 e. The third kappa shape index (κ3) is 3.24. The van der Waals surface area contributed by atoms with Crippen LogP contribution < -0.4 is 5.73 Å². The Kier molecular flexibility index (Phi) is 5.61. The first kappa shape index (κ1) is 20.7. The predicted molar refractivity (Wildman–Crippen MR) is 114 cm³/mol. The molecule has 0 heterocycles. The molecule has 0 bridgehead atoms. The van der Waals surface area contributed by atoms with E-state index in [0.29, 0.717) is 29.2 Å². The Hall–Kier alpha value is -0.570. The predicted octanol–water partition coefficient (Wildman–Crippen LogP) is 5.56. The van der Waals surface area contributed by atoms with Gasteiger partial charge in [0.25, 0.3) is 0 Å². The highest BCUT2D eigenvalue weighted by molar-refractivity contribution is 5.69. The average molecular weight is 390 g/mol. The van der Waals surface area contributed by atoms with Gasteiger partial charge in [-0.15, -0.1) is 0 Å². The van der Waals surface area contributed by atoms with Crippen LogP contribution in [-0.2, 0) is 9.53 Å². The Morgan fingerprint density at radius 1 is 1.04 bits per heavy atom. The van der Waals surface area contributed by atoms with Gasteiger partial charge in [-0.3, -0.25) is 4.79 Å². The summed E-state index contributed by atoms with van der Waals surface area (Å²) in [6, 6.07) is 0.454. The van der Waals surface area contributed by atoms with Crippen LogP contribution in [0.1, 0.15) is 91.4 Å². The molecular weight excluding hydrogens is 346 g/mol. The van der Waals surface area contributed by atoms with Crippen molar-refractivity contribution in [3.05, 3.63) is 0 Å². The smallest absolute Gasteiger partial charge is 0.305 e. The summed E-state index contributed by atoms with van der Waals surface area (Å²) in [4.78, 5) is 11.6. The number of fused-ring (bicyclic) bond motifs is 5. The van der Waals surface area contributed by atoms with E-state index in [1.807, 2.05) is 0 Å². The fraction of sp³-hybridized carbons (Fsp3) is 0.960. The van der Waals surface area contributed by atoms with E-state index < -0.39 is 0 Å². The molecule has 0 radical (unpaired) electrons. The fourth-order valence-electron chi connectivity index (χ4n) is 8.92. The minimum absolute atomic E-state index is 0.0444. The highest BCUT2D eigenvalue weighted by Crippen LogP contribution is 2.68. The number of methoxy groups -OCH3 is 1. The minimum Gasteiger partial charge on any atom is -0.469 e. The quantitative estimate of drug-likeness (QED) is 0.640. The summed E-state index contributed by atoms with van der Waals surface area (Å²) in [5, 5.41) is 0. The largest absolute Gasteiger partial charge is 0.469 e. The summed E-state index contributed by atoms with van der Waals surface area (Å²) in [6.45, 7) is 7.65. The lowest BCUT2D eigenvalue weighted by atomic mass is 9.44. The zero-order valence-corrected chi connectivity index (χ0v) is 18.7. The number of nitrogens with two attached hydrogens (primary N) is 1. The summed E-state index contributed by atoms with van der Waals surface area (Å²) >= 11 is 0. The number of hydrogen-bond donors (Lipinski definition) is 1. The summed E-state index contributed by atoms with van der Waals surface area (Å²) in [5.41, 5.74) is 7.39. The molecule has 9 atom stereocenters. The van der Waals surface area contributed by atoms with Crippen molar-refractivity contribution in [1.29, 1.82) is 0 Å². The third-order valence-electron chi connectivity index (χ3n) is 10.5. The first-order valence-electron chi connectivity index (χ1n) is 12.1. The minimum atomic E-state index is -0.0444. The molecule has 3 nitrogen and oxygen atoms in total. The molecular formula is C25H43NO2. The SMILES string of the molecule is COC(=O)CCC(C)[C@H]1CCC2C3CC[C@@H]4C[C@@H](N)CC[C@]4(C)C3CCC21C. The summed E-state index contributed by atoms with van der Waals surface area (Å²) < 4.78 is 4.89. The molecule has 160 valence electrons. The van der Waals surface area contributed by atoms with Crippen molar-refractivity contribution in [1.82, 2.24) is 0 Å². The van der Waals surface area contributed by atoms with Crippen LogP contribution in [0.2, 0.25) is 0 Å². The molecule has 4 aliphatic carbocycles. The maximum atomic E-state index is 11.6. The number of carbonyl (C=O) groups excluding carboxylic acids is 1. The lowest BCUT2D eigenvalue weighted by molar-refractivity contribution is -0.141. The summed E-state index contributed by atoms with van der Waals surface area (Å²) in [6.07, 6.45) is 13.9. The van der Waals surface area contributed by atoms with Crippen LogP contribution in [0.25, 0.3) is 0 Å². The normalized spacial score (nSPS) is 48.9. The van der Waals surface area contributed by atoms with Gasteiger partial charge >= 0.3 is 5.97 Å². The van der Waals surface area contributed by atoms with Crippen LogP contribution in [0, 0.1) is 46.3 Å². The molecule has 2 N–H and O–H groups in total. The van der Waals surface area contributed by atoms with E-state index in [-0.39, 0.29) is 5.97 Å². The zero-order chi connectivity index (χ0) is 20.1. The molecule has 0 amide bonds. The van der Waals surface area contributed by atoms with E-state index in [1.165, 1.54) is 64.9 Å². The van der Waals surface area contributed by atoms with Crippen molar-refractivity contribution in [3.8, 4) is 0 Å². The lowest BCUT2D eigenvalue weighted by Gasteiger charge is -2.61. The molecule has 0 aliphatic heterocycles. The number of hydrogen-bond acceptors (Lipinski definition) is 3. The van der Waals surface area contributed by atoms with Gasteiger partial charge in [-0.1, -0.05) is 20.8 Å². The lowest BCUT2D eigenvalue weighted by Crippen LogP contribution is -2.54. The van der Waals surface area contributed by atoms with Crippen molar-refractivity contribution in [2.45, 2.75) is 97.4 Å². The monoisotopic (exact) mass is 389 g/mol. The van der Waals surface area contributed by atoms with Crippen LogP contribution in [0.5, 0.6) is 0 Å². The third-order valence-corrected chi connectivity index (χ3v) is 10.5. The standard InChI is InChI=1S/C25H43NO2/c1-16(5-10-23(27)28-4)20-8-9-21-19-7-6-17-15-18(26)11-13-24(17,2)22(19)12-14-25(20,21)3/h16-22H,5-15,26H2,1-4H3/t16?,17-,18+,19?,20-,21?,22?,24+,25?/m1/s1. The fourth-order valence-corrected chi connectivity index (χ4v) is 8.92. The molecule has 0 spiro atoms. The van der Waals surface area contributed by atoms with Crippen LogP contribution in [-0.4, -0.2) is 19.1 Å². The Morgan fingerprint density at radius 3 is 2.50 bits per heavy atom.